The van der Waals surface area contributed by atoms with Crippen molar-refractivity contribution in [2.75, 3.05) is 53.4 Å². The zero-order valence-electron chi connectivity index (χ0n) is 16.9. The monoisotopic (exact) mass is 373 g/mol. The zero-order valence-corrected chi connectivity index (χ0v) is 16.9. The molecule has 0 aliphatic carbocycles. The minimum atomic E-state index is -0.164. The number of rotatable bonds is 6. The first-order valence-corrected chi connectivity index (χ1v) is 9.59. The molecule has 7 nitrogen and oxygen atoms in total. The molecule has 0 aromatic carbocycles. The Morgan fingerprint density at radius 2 is 2.07 bits per heavy atom. The average molecular weight is 374 g/mol. The van der Waals surface area contributed by atoms with Gasteiger partial charge in [-0.3, -0.25) is 19.5 Å². The number of pyridine rings is 1. The quantitative estimate of drug-likeness (QED) is 0.779. The minimum absolute atomic E-state index is 0.0182. The topological polar surface area (TPSA) is 68.8 Å². The summed E-state index contributed by atoms with van der Waals surface area (Å²) in [5.41, 5.74) is 2.23. The molecule has 0 saturated carbocycles. The first kappa shape index (κ1) is 19.8. The van der Waals surface area contributed by atoms with Crippen molar-refractivity contribution in [3.05, 3.63) is 29.6 Å². The maximum absolute atomic E-state index is 12.5. The van der Waals surface area contributed by atoms with Crippen LogP contribution in [0.25, 0.3) is 0 Å². The van der Waals surface area contributed by atoms with Gasteiger partial charge in [0.05, 0.1) is 12.2 Å². The molecule has 148 valence electrons. The molecule has 27 heavy (non-hydrogen) atoms. The van der Waals surface area contributed by atoms with E-state index in [9.17, 15) is 9.59 Å². The van der Waals surface area contributed by atoms with Crippen molar-refractivity contribution >= 4 is 11.8 Å². The third kappa shape index (κ3) is 4.65. The predicted molar refractivity (Wildman–Crippen MR) is 104 cm³/mol. The van der Waals surface area contributed by atoms with Crippen LogP contribution in [0.1, 0.15) is 18.3 Å². The summed E-state index contributed by atoms with van der Waals surface area (Å²) in [6.45, 7) is 8.84. The SMILES string of the molecule is CC(=O)NCC(=O)N1CC2CN(Cc3cccc(C)n3)CC2(CN(C)C)C1. The molecule has 2 amide bonds. The molecule has 7 heteroatoms. The van der Waals surface area contributed by atoms with Gasteiger partial charge in [0.1, 0.15) is 0 Å². The Morgan fingerprint density at radius 3 is 2.74 bits per heavy atom. The van der Waals surface area contributed by atoms with Crippen molar-refractivity contribution in [1.82, 2.24) is 25.0 Å². The van der Waals surface area contributed by atoms with Gasteiger partial charge in [-0.05, 0) is 39.1 Å². The first-order valence-electron chi connectivity index (χ1n) is 9.59. The predicted octanol–water partition coefficient (Wildman–Crippen LogP) is 0.348. The molecule has 2 aliphatic heterocycles. The van der Waals surface area contributed by atoms with E-state index in [1.807, 2.05) is 17.9 Å². The molecular formula is C20H31N5O2. The van der Waals surface area contributed by atoms with Crippen LogP contribution < -0.4 is 5.32 Å². The van der Waals surface area contributed by atoms with Gasteiger partial charge in [-0.1, -0.05) is 6.07 Å². The van der Waals surface area contributed by atoms with Crippen LogP contribution in [0.2, 0.25) is 0 Å². The van der Waals surface area contributed by atoms with E-state index in [1.165, 1.54) is 6.92 Å². The number of hydrogen-bond donors (Lipinski definition) is 1. The van der Waals surface area contributed by atoms with Gasteiger partial charge in [0.25, 0.3) is 0 Å². The Balaban J connectivity index is 1.67. The summed E-state index contributed by atoms with van der Waals surface area (Å²) >= 11 is 0. The molecule has 1 aromatic rings. The number of carbonyl (C=O) groups excluding carboxylic acids is 2. The molecule has 3 heterocycles. The Hall–Kier alpha value is -1.99. The highest BCUT2D eigenvalue weighted by Crippen LogP contribution is 2.43. The number of fused-ring (bicyclic) bond motifs is 1. The molecule has 2 saturated heterocycles. The number of nitrogens with one attached hydrogen (secondary N) is 1. The Morgan fingerprint density at radius 1 is 1.30 bits per heavy atom. The highest BCUT2D eigenvalue weighted by Gasteiger charge is 2.53. The Kier molecular flexibility index (Phi) is 5.81. The molecule has 2 atom stereocenters. The molecule has 3 rings (SSSR count). The summed E-state index contributed by atoms with van der Waals surface area (Å²) in [5, 5.41) is 2.63. The lowest BCUT2D eigenvalue weighted by Crippen LogP contribution is -2.44. The van der Waals surface area contributed by atoms with Gasteiger partial charge in [0.15, 0.2) is 0 Å². The third-order valence-electron chi connectivity index (χ3n) is 5.63. The fraction of sp³-hybridized carbons (Fsp3) is 0.650. The van der Waals surface area contributed by atoms with E-state index in [2.05, 4.69) is 46.3 Å². The summed E-state index contributed by atoms with van der Waals surface area (Å²) in [6.07, 6.45) is 0. The van der Waals surface area contributed by atoms with E-state index >= 15 is 0 Å². The van der Waals surface area contributed by atoms with Crippen LogP contribution >= 0.6 is 0 Å². The number of hydrogen-bond acceptors (Lipinski definition) is 5. The fourth-order valence-corrected chi connectivity index (χ4v) is 4.68. The number of carbonyl (C=O) groups is 2. The number of likely N-dealkylation sites (tertiary alicyclic amines) is 2. The molecule has 0 radical (unpaired) electrons. The third-order valence-corrected chi connectivity index (χ3v) is 5.63. The number of amides is 2. The van der Waals surface area contributed by atoms with Crippen LogP contribution in [-0.2, 0) is 16.1 Å². The lowest BCUT2D eigenvalue weighted by Gasteiger charge is -2.32. The van der Waals surface area contributed by atoms with Crippen LogP contribution in [-0.4, -0.2) is 84.9 Å². The molecule has 2 aliphatic rings. The fourth-order valence-electron chi connectivity index (χ4n) is 4.68. The molecule has 0 bridgehead atoms. The van der Waals surface area contributed by atoms with Crippen LogP contribution in [0.5, 0.6) is 0 Å². The second-order valence-electron chi connectivity index (χ2n) is 8.42. The van der Waals surface area contributed by atoms with Gasteiger partial charge >= 0.3 is 0 Å². The van der Waals surface area contributed by atoms with Crippen LogP contribution in [0.3, 0.4) is 0 Å². The van der Waals surface area contributed by atoms with Gasteiger partial charge in [-0.25, -0.2) is 0 Å². The maximum Gasteiger partial charge on any atom is 0.241 e. The maximum atomic E-state index is 12.5. The van der Waals surface area contributed by atoms with Crippen molar-refractivity contribution in [2.45, 2.75) is 20.4 Å². The van der Waals surface area contributed by atoms with E-state index in [4.69, 9.17) is 0 Å². The molecule has 1 N–H and O–H groups in total. The van der Waals surface area contributed by atoms with Crippen molar-refractivity contribution in [1.29, 1.82) is 0 Å². The second kappa shape index (κ2) is 7.94. The van der Waals surface area contributed by atoms with Gasteiger partial charge < -0.3 is 15.1 Å². The van der Waals surface area contributed by atoms with E-state index in [1.54, 1.807) is 0 Å². The number of aromatic nitrogens is 1. The first-order chi connectivity index (χ1) is 12.8. The molecular weight excluding hydrogens is 342 g/mol. The molecule has 2 fully saturated rings. The van der Waals surface area contributed by atoms with E-state index in [-0.39, 0.29) is 23.8 Å². The molecule has 1 aromatic heterocycles. The standard InChI is InChI=1S/C20H31N5O2/c1-15-6-5-7-18(22-15)11-24-9-17-10-25(19(27)8-21-16(2)26)14-20(17,13-24)12-23(3)4/h5-7,17H,8-14H2,1-4H3,(H,21,26). The number of aryl methyl sites for hydroxylation is 1. The summed E-state index contributed by atoms with van der Waals surface area (Å²) < 4.78 is 0. The zero-order chi connectivity index (χ0) is 19.6. The van der Waals surface area contributed by atoms with Crippen LogP contribution in [0.15, 0.2) is 18.2 Å². The van der Waals surface area contributed by atoms with Gasteiger partial charge in [-0.15, -0.1) is 0 Å². The highest BCUT2D eigenvalue weighted by molar-refractivity contribution is 5.84. The lowest BCUT2D eigenvalue weighted by molar-refractivity contribution is -0.132. The number of nitrogens with zero attached hydrogens (tertiary/aromatic N) is 4. The van der Waals surface area contributed by atoms with Gasteiger partial charge in [0, 0.05) is 57.3 Å². The summed E-state index contributed by atoms with van der Waals surface area (Å²) in [5.74, 6) is 0.304. The van der Waals surface area contributed by atoms with Crippen molar-refractivity contribution in [3.8, 4) is 0 Å². The normalized spacial score (nSPS) is 25.1. The highest BCUT2D eigenvalue weighted by atomic mass is 16.2. The second-order valence-corrected chi connectivity index (χ2v) is 8.42. The smallest absolute Gasteiger partial charge is 0.241 e. The minimum Gasteiger partial charge on any atom is -0.347 e. The Labute approximate surface area is 161 Å². The van der Waals surface area contributed by atoms with E-state index < -0.39 is 0 Å². The lowest BCUT2D eigenvalue weighted by atomic mass is 9.80. The largest absolute Gasteiger partial charge is 0.347 e. The molecule has 2 unspecified atom stereocenters. The van der Waals surface area contributed by atoms with Crippen LogP contribution in [0.4, 0.5) is 0 Å². The van der Waals surface area contributed by atoms with Crippen molar-refractivity contribution in [2.24, 2.45) is 11.3 Å². The summed E-state index contributed by atoms with van der Waals surface area (Å²) in [6, 6.07) is 6.17. The van der Waals surface area contributed by atoms with Crippen molar-refractivity contribution in [3.63, 3.8) is 0 Å². The van der Waals surface area contributed by atoms with Gasteiger partial charge in [0.2, 0.25) is 11.8 Å². The van der Waals surface area contributed by atoms with Crippen molar-refractivity contribution < 1.29 is 9.59 Å². The Bertz CT molecular complexity index is 707. The average Bonchev–Trinajstić information content (AvgIpc) is 3.04. The van der Waals surface area contributed by atoms with E-state index in [0.717, 1.165) is 50.7 Å². The molecule has 0 spiro atoms. The summed E-state index contributed by atoms with van der Waals surface area (Å²) in [7, 11) is 4.19. The van der Waals surface area contributed by atoms with E-state index in [0.29, 0.717) is 5.92 Å². The van der Waals surface area contributed by atoms with Crippen LogP contribution in [0, 0.1) is 18.3 Å². The summed E-state index contributed by atoms with van der Waals surface area (Å²) in [4.78, 5) is 34.9. The van der Waals surface area contributed by atoms with Gasteiger partial charge in [-0.2, -0.15) is 0 Å².